The number of aromatic nitrogens is 1. The molecule has 0 unspecified atom stereocenters. The van der Waals surface area contributed by atoms with Crippen molar-refractivity contribution in [1.82, 2.24) is 10.3 Å². The Morgan fingerprint density at radius 3 is 2.53 bits per heavy atom. The Labute approximate surface area is 116 Å². The molecule has 1 aromatic rings. The van der Waals surface area contributed by atoms with Crippen molar-refractivity contribution in [3.05, 3.63) is 23.4 Å². The van der Waals surface area contributed by atoms with Crippen LogP contribution in [0.4, 0.5) is 0 Å². The van der Waals surface area contributed by atoms with E-state index in [1.807, 2.05) is 19.9 Å². The van der Waals surface area contributed by atoms with E-state index in [9.17, 15) is 0 Å². The van der Waals surface area contributed by atoms with Crippen molar-refractivity contribution >= 4 is 0 Å². The molecule has 1 aromatic heterocycles. The summed E-state index contributed by atoms with van der Waals surface area (Å²) >= 11 is 0. The van der Waals surface area contributed by atoms with Gasteiger partial charge in [-0.15, -0.1) is 0 Å². The van der Waals surface area contributed by atoms with Gasteiger partial charge in [0.15, 0.2) is 0 Å². The lowest BCUT2D eigenvalue weighted by atomic mass is 10.1. The van der Waals surface area contributed by atoms with Crippen molar-refractivity contribution in [2.45, 2.75) is 46.7 Å². The first kappa shape index (κ1) is 15.9. The van der Waals surface area contributed by atoms with E-state index in [4.69, 9.17) is 9.47 Å². The molecule has 1 rings (SSSR count). The molecule has 1 N–H and O–H groups in total. The number of nitrogens with one attached hydrogen (secondary N) is 1. The van der Waals surface area contributed by atoms with Gasteiger partial charge < -0.3 is 14.8 Å². The maximum atomic E-state index is 5.53. The lowest BCUT2D eigenvalue weighted by molar-refractivity contribution is 0.108. The van der Waals surface area contributed by atoms with Crippen LogP contribution in [0.2, 0.25) is 0 Å². The number of hydrogen-bond acceptors (Lipinski definition) is 4. The van der Waals surface area contributed by atoms with Crippen LogP contribution in [0.1, 0.15) is 39.0 Å². The van der Waals surface area contributed by atoms with Crippen molar-refractivity contribution in [3.8, 4) is 5.88 Å². The summed E-state index contributed by atoms with van der Waals surface area (Å²) in [6.45, 7) is 13.1. The molecule has 0 aliphatic rings. The highest BCUT2D eigenvalue weighted by Crippen LogP contribution is 2.13. The zero-order chi connectivity index (χ0) is 14.3. The Balaban J connectivity index is 2.49. The van der Waals surface area contributed by atoms with Crippen LogP contribution in [-0.2, 0) is 11.3 Å². The monoisotopic (exact) mass is 266 g/mol. The molecule has 1 heterocycles. The Kier molecular flexibility index (Phi) is 6.25. The number of pyridine rings is 1. The van der Waals surface area contributed by atoms with Gasteiger partial charge in [0, 0.05) is 30.5 Å². The Morgan fingerprint density at radius 2 is 1.95 bits per heavy atom. The fraction of sp³-hybridized carbons (Fsp3) is 0.667. The van der Waals surface area contributed by atoms with E-state index in [1.165, 1.54) is 5.56 Å². The second kappa shape index (κ2) is 7.46. The molecule has 0 radical (unpaired) electrons. The maximum absolute atomic E-state index is 5.53. The predicted octanol–water partition coefficient (Wildman–Crippen LogP) is 2.69. The Morgan fingerprint density at radius 1 is 1.21 bits per heavy atom. The van der Waals surface area contributed by atoms with Crippen molar-refractivity contribution < 1.29 is 9.47 Å². The molecular formula is C15H26N2O2. The van der Waals surface area contributed by atoms with E-state index in [2.05, 4.69) is 37.1 Å². The maximum Gasteiger partial charge on any atom is 0.213 e. The molecule has 19 heavy (non-hydrogen) atoms. The van der Waals surface area contributed by atoms with Gasteiger partial charge in [-0.1, -0.05) is 6.07 Å². The predicted molar refractivity (Wildman–Crippen MR) is 77.6 cm³/mol. The minimum atomic E-state index is 0.110. The molecule has 0 fully saturated rings. The minimum absolute atomic E-state index is 0.110. The third-order valence-electron chi connectivity index (χ3n) is 2.66. The number of nitrogens with zero attached hydrogens (tertiary/aromatic N) is 1. The summed E-state index contributed by atoms with van der Waals surface area (Å²) in [5.74, 6) is 0.664. The number of rotatable bonds is 7. The van der Waals surface area contributed by atoms with Crippen LogP contribution in [0.25, 0.3) is 0 Å². The molecule has 0 aliphatic carbocycles. The van der Waals surface area contributed by atoms with Gasteiger partial charge in [0.05, 0.1) is 6.61 Å². The van der Waals surface area contributed by atoms with Gasteiger partial charge >= 0.3 is 0 Å². The fourth-order valence-corrected chi connectivity index (χ4v) is 1.54. The van der Waals surface area contributed by atoms with Gasteiger partial charge in [-0.05, 0) is 40.2 Å². The summed E-state index contributed by atoms with van der Waals surface area (Å²) in [6.07, 6.45) is 0. The van der Waals surface area contributed by atoms with Gasteiger partial charge in [-0.25, -0.2) is 4.98 Å². The number of hydrogen-bond donors (Lipinski definition) is 1. The van der Waals surface area contributed by atoms with Gasteiger partial charge in [-0.2, -0.15) is 0 Å². The summed E-state index contributed by atoms with van der Waals surface area (Å²) < 4.78 is 10.8. The number of aryl methyl sites for hydroxylation is 1. The second-order valence-electron chi connectivity index (χ2n) is 5.54. The molecule has 0 atom stereocenters. The van der Waals surface area contributed by atoms with Crippen LogP contribution in [0, 0.1) is 6.92 Å². The molecule has 4 nitrogen and oxygen atoms in total. The SMILES string of the molecule is CCOCCOc1ccc(CNC(C)(C)C)c(C)n1. The van der Waals surface area contributed by atoms with Crippen molar-refractivity contribution in [1.29, 1.82) is 0 Å². The molecule has 4 heteroatoms. The van der Waals surface area contributed by atoms with E-state index < -0.39 is 0 Å². The lowest BCUT2D eigenvalue weighted by Crippen LogP contribution is -2.35. The number of ether oxygens (including phenoxy) is 2. The molecule has 0 amide bonds. The molecule has 0 aliphatic heterocycles. The first-order valence-corrected chi connectivity index (χ1v) is 6.84. The third kappa shape index (κ3) is 6.55. The molecule has 108 valence electrons. The summed E-state index contributed by atoms with van der Waals surface area (Å²) in [7, 11) is 0. The van der Waals surface area contributed by atoms with E-state index in [0.717, 1.165) is 12.2 Å². The highest BCUT2D eigenvalue weighted by Gasteiger charge is 2.10. The Bertz CT molecular complexity index is 386. The average molecular weight is 266 g/mol. The zero-order valence-electron chi connectivity index (χ0n) is 12.7. The summed E-state index contributed by atoms with van der Waals surface area (Å²) in [5.41, 5.74) is 2.32. The Hall–Kier alpha value is -1.13. The van der Waals surface area contributed by atoms with E-state index >= 15 is 0 Å². The van der Waals surface area contributed by atoms with Crippen LogP contribution in [0.5, 0.6) is 5.88 Å². The normalized spacial score (nSPS) is 11.6. The fourth-order valence-electron chi connectivity index (χ4n) is 1.54. The first-order valence-electron chi connectivity index (χ1n) is 6.84. The average Bonchev–Trinajstić information content (AvgIpc) is 2.32. The highest BCUT2D eigenvalue weighted by molar-refractivity contribution is 5.25. The van der Waals surface area contributed by atoms with Crippen LogP contribution in [0.15, 0.2) is 12.1 Å². The van der Waals surface area contributed by atoms with Crippen molar-refractivity contribution in [2.75, 3.05) is 19.8 Å². The largest absolute Gasteiger partial charge is 0.475 e. The van der Waals surface area contributed by atoms with Gasteiger partial charge in [0.1, 0.15) is 6.61 Å². The standard InChI is InChI=1S/C15H26N2O2/c1-6-18-9-10-19-14-8-7-13(12(2)17-14)11-16-15(3,4)5/h7-8,16H,6,9-11H2,1-5H3. The van der Waals surface area contributed by atoms with Crippen LogP contribution in [0.3, 0.4) is 0 Å². The van der Waals surface area contributed by atoms with Gasteiger partial charge in [0.2, 0.25) is 5.88 Å². The molecule has 0 saturated heterocycles. The van der Waals surface area contributed by atoms with Crippen LogP contribution < -0.4 is 10.1 Å². The van der Waals surface area contributed by atoms with Gasteiger partial charge in [0.25, 0.3) is 0 Å². The van der Waals surface area contributed by atoms with Crippen molar-refractivity contribution in [3.63, 3.8) is 0 Å². The van der Waals surface area contributed by atoms with Crippen LogP contribution in [-0.4, -0.2) is 30.3 Å². The topological polar surface area (TPSA) is 43.4 Å². The van der Waals surface area contributed by atoms with E-state index in [1.54, 1.807) is 0 Å². The smallest absolute Gasteiger partial charge is 0.213 e. The molecular weight excluding hydrogens is 240 g/mol. The minimum Gasteiger partial charge on any atom is -0.475 e. The first-order chi connectivity index (χ1) is 8.92. The summed E-state index contributed by atoms with van der Waals surface area (Å²) in [4.78, 5) is 4.45. The third-order valence-corrected chi connectivity index (χ3v) is 2.66. The van der Waals surface area contributed by atoms with E-state index in [0.29, 0.717) is 25.7 Å². The molecule has 0 spiro atoms. The highest BCUT2D eigenvalue weighted by atomic mass is 16.5. The molecule has 0 bridgehead atoms. The summed E-state index contributed by atoms with van der Waals surface area (Å²) in [6, 6.07) is 3.98. The van der Waals surface area contributed by atoms with E-state index in [-0.39, 0.29) is 5.54 Å². The second-order valence-corrected chi connectivity index (χ2v) is 5.54. The van der Waals surface area contributed by atoms with Gasteiger partial charge in [-0.3, -0.25) is 0 Å². The van der Waals surface area contributed by atoms with Crippen LogP contribution >= 0.6 is 0 Å². The molecule has 0 saturated carbocycles. The van der Waals surface area contributed by atoms with Crippen molar-refractivity contribution in [2.24, 2.45) is 0 Å². The molecule has 0 aromatic carbocycles. The quantitative estimate of drug-likeness (QED) is 0.771. The zero-order valence-corrected chi connectivity index (χ0v) is 12.7. The lowest BCUT2D eigenvalue weighted by Gasteiger charge is -2.21. The summed E-state index contributed by atoms with van der Waals surface area (Å²) in [5, 5.41) is 3.46.